The third kappa shape index (κ3) is 3.03. The number of benzene rings is 1. The molecule has 17 heavy (non-hydrogen) atoms. The maximum absolute atomic E-state index is 9.45. The average Bonchev–Trinajstić information content (AvgIpc) is 2.75. The summed E-state index contributed by atoms with van der Waals surface area (Å²) < 4.78 is 5.24. The van der Waals surface area contributed by atoms with Gasteiger partial charge < -0.3 is 15.3 Å². The predicted molar refractivity (Wildman–Crippen MR) is 65.4 cm³/mol. The molecule has 1 unspecified atom stereocenters. The first-order valence-electron chi connectivity index (χ1n) is 5.58. The molecule has 1 aromatic carbocycles. The highest BCUT2D eigenvalue weighted by atomic mass is 16.3. The Morgan fingerprint density at radius 2 is 2.35 bits per heavy atom. The summed E-state index contributed by atoms with van der Waals surface area (Å²) in [6.45, 7) is 1.59. The second-order valence-electron chi connectivity index (χ2n) is 4.24. The summed E-state index contributed by atoms with van der Waals surface area (Å²) in [5.41, 5.74) is 8.15. The SMILES string of the molecule is CN(Cc1ccc2ncoc2c1)CC(O)CN. The molecular weight excluding hydrogens is 218 g/mol. The first-order chi connectivity index (χ1) is 8.19. The van der Waals surface area contributed by atoms with E-state index in [0.29, 0.717) is 6.54 Å². The number of oxazole rings is 1. The average molecular weight is 235 g/mol. The van der Waals surface area contributed by atoms with E-state index in [1.54, 1.807) is 0 Å². The van der Waals surface area contributed by atoms with Crippen molar-refractivity contribution in [3.8, 4) is 0 Å². The number of nitrogens with two attached hydrogens (primary N) is 1. The van der Waals surface area contributed by atoms with Gasteiger partial charge in [0.2, 0.25) is 0 Å². The van der Waals surface area contributed by atoms with Gasteiger partial charge in [0.25, 0.3) is 0 Å². The second-order valence-corrected chi connectivity index (χ2v) is 4.24. The summed E-state index contributed by atoms with van der Waals surface area (Å²) in [4.78, 5) is 6.09. The Morgan fingerprint density at radius 3 is 3.12 bits per heavy atom. The zero-order valence-corrected chi connectivity index (χ0v) is 9.84. The Kier molecular flexibility index (Phi) is 3.73. The first kappa shape index (κ1) is 12.0. The molecule has 0 saturated heterocycles. The largest absolute Gasteiger partial charge is 0.443 e. The molecule has 0 saturated carbocycles. The number of likely N-dealkylation sites (N-methyl/N-ethyl adjacent to an activating group) is 1. The molecule has 5 heteroatoms. The molecule has 0 radical (unpaired) electrons. The molecule has 0 aliphatic rings. The van der Waals surface area contributed by atoms with E-state index < -0.39 is 6.10 Å². The van der Waals surface area contributed by atoms with Gasteiger partial charge in [0, 0.05) is 19.6 Å². The molecule has 0 aliphatic heterocycles. The summed E-state index contributed by atoms with van der Waals surface area (Å²) in [6.07, 6.45) is 0.963. The Labute approximate surface area is 99.8 Å². The van der Waals surface area contributed by atoms with Gasteiger partial charge in [-0.15, -0.1) is 0 Å². The van der Waals surface area contributed by atoms with Gasteiger partial charge in [0.05, 0.1) is 6.10 Å². The second kappa shape index (κ2) is 5.27. The number of nitrogens with zero attached hydrogens (tertiary/aromatic N) is 2. The molecule has 5 nitrogen and oxygen atoms in total. The summed E-state index contributed by atoms with van der Waals surface area (Å²) in [6, 6.07) is 5.91. The van der Waals surface area contributed by atoms with Crippen molar-refractivity contribution in [1.29, 1.82) is 0 Å². The lowest BCUT2D eigenvalue weighted by Gasteiger charge is -2.19. The highest BCUT2D eigenvalue weighted by Crippen LogP contribution is 2.15. The molecule has 2 aromatic rings. The zero-order valence-electron chi connectivity index (χ0n) is 9.84. The third-order valence-electron chi connectivity index (χ3n) is 2.64. The maximum atomic E-state index is 9.45. The Hall–Kier alpha value is -1.43. The van der Waals surface area contributed by atoms with Crippen molar-refractivity contribution in [1.82, 2.24) is 9.88 Å². The van der Waals surface area contributed by atoms with Gasteiger partial charge in [-0.2, -0.15) is 0 Å². The highest BCUT2D eigenvalue weighted by Gasteiger charge is 2.07. The van der Waals surface area contributed by atoms with E-state index in [9.17, 15) is 5.11 Å². The van der Waals surface area contributed by atoms with Crippen molar-refractivity contribution in [2.75, 3.05) is 20.1 Å². The van der Waals surface area contributed by atoms with E-state index in [1.165, 1.54) is 6.39 Å². The lowest BCUT2D eigenvalue weighted by atomic mass is 10.2. The van der Waals surface area contributed by atoms with Crippen LogP contribution in [0.25, 0.3) is 11.1 Å². The highest BCUT2D eigenvalue weighted by molar-refractivity contribution is 5.72. The van der Waals surface area contributed by atoms with Crippen molar-refractivity contribution in [3.63, 3.8) is 0 Å². The standard InChI is InChI=1S/C12H17N3O2/c1-15(7-10(16)5-13)6-9-2-3-11-12(4-9)17-8-14-11/h2-4,8,10,16H,5-7,13H2,1H3. The summed E-state index contributed by atoms with van der Waals surface area (Å²) in [5, 5.41) is 9.45. The number of aliphatic hydroxyl groups is 1. The quantitative estimate of drug-likeness (QED) is 0.792. The minimum Gasteiger partial charge on any atom is -0.443 e. The van der Waals surface area contributed by atoms with Gasteiger partial charge >= 0.3 is 0 Å². The Balaban J connectivity index is 2.02. The molecule has 0 amide bonds. The summed E-state index contributed by atoms with van der Waals surface area (Å²) in [7, 11) is 1.95. The molecule has 2 rings (SSSR count). The maximum Gasteiger partial charge on any atom is 0.181 e. The van der Waals surface area contributed by atoms with Crippen LogP contribution in [0, 0.1) is 0 Å². The number of rotatable bonds is 5. The fourth-order valence-corrected chi connectivity index (χ4v) is 1.81. The van der Waals surface area contributed by atoms with Gasteiger partial charge in [0.15, 0.2) is 12.0 Å². The van der Waals surface area contributed by atoms with Gasteiger partial charge in [-0.3, -0.25) is 4.90 Å². The normalized spacial score (nSPS) is 13.4. The van der Waals surface area contributed by atoms with Crippen molar-refractivity contribution in [3.05, 3.63) is 30.2 Å². The minimum atomic E-state index is -0.478. The monoisotopic (exact) mass is 235 g/mol. The lowest BCUT2D eigenvalue weighted by molar-refractivity contribution is 0.129. The van der Waals surface area contributed by atoms with Crippen LogP contribution < -0.4 is 5.73 Å². The van der Waals surface area contributed by atoms with Gasteiger partial charge in [-0.1, -0.05) is 6.07 Å². The molecule has 1 aromatic heterocycles. The van der Waals surface area contributed by atoms with E-state index in [4.69, 9.17) is 10.2 Å². The minimum absolute atomic E-state index is 0.283. The van der Waals surface area contributed by atoms with Gasteiger partial charge in [-0.25, -0.2) is 4.98 Å². The van der Waals surface area contributed by atoms with Crippen LogP contribution in [0.4, 0.5) is 0 Å². The Bertz CT molecular complexity index is 483. The van der Waals surface area contributed by atoms with Crippen LogP contribution in [-0.4, -0.2) is 41.2 Å². The van der Waals surface area contributed by atoms with Crippen LogP contribution in [0.1, 0.15) is 5.56 Å². The van der Waals surface area contributed by atoms with Crippen LogP contribution in [-0.2, 0) is 6.54 Å². The summed E-state index contributed by atoms with van der Waals surface area (Å²) in [5.74, 6) is 0. The fraction of sp³-hybridized carbons (Fsp3) is 0.417. The number of aliphatic hydroxyl groups excluding tert-OH is 1. The molecule has 1 heterocycles. The summed E-state index contributed by atoms with van der Waals surface area (Å²) >= 11 is 0. The smallest absolute Gasteiger partial charge is 0.181 e. The molecule has 0 spiro atoms. The Morgan fingerprint density at radius 1 is 1.53 bits per heavy atom. The molecule has 0 fully saturated rings. The number of fused-ring (bicyclic) bond motifs is 1. The van der Waals surface area contributed by atoms with Crippen LogP contribution in [0.2, 0.25) is 0 Å². The van der Waals surface area contributed by atoms with E-state index in [2.05, 4.69) is 4.98 Å². The number of aromatic nitrogens is 1. The topological polar surface area (TPSA) is 75.5 Å². The molecule has 3 N–H and O–H groups in total. The van der Waals surface area contributed by atoms with Crippen molar-refractivity contribution < 1.29 is 9.52 Å². The van der Waals surface area contributed by atoms with E-state index in [1.807, 2.05) is 30.1 Å². The first-order valence-corrected chi connectivity index (χ1v) is 5.58. The van der Waals surface area contributed by atoms with Crippen molar-refractivity contribution in [2.24, 2.45) is 5.73 Å². The van der Waals surface area contributed by atoms with Crippen molar-refractivity contribution in [2.45, 2.75) is 12.6 Å². The van der Waals surface area contributed by atoms with E-state index >= 15 is 0 Å². The van der Waals surface area contributed by atoms with Gasteiger partial charge in [0.1, 0.15) is 5.52 Å². The molecule has 0 bridgehead atoms. The lowest BCUT2D eigenvalue weighted by Crippen LogP contribution is -2.33. The van der Waals surface area contributed by atoms with E-state index in [-0.39, 0.29) is 6.54 Å². The van der Waals surface area contributed by atoms with E-state index in [0.717, 1.165) is 23.2 Å². The number of hydrogen-bond acceptors (Lipinski definition) is 5. The molecule has 0 aliphatic carbocycles. The molecular formula is C12H17N3O2. The van der Waals surface area contributed by atoms with Crippen LogP contribution in [0.15, 0.2) is 29.0 Å². The zero-order chi connectivity index (χ0) is 12.3. The van der Waals surface area contributed by atoms with Crippen molar-refractivity contribution >= 4 is 11.1 Å². The van der Waals surface area contributed by atoms with Crippen LogP contribution in [0.3, 0.4) is 0 Å². The fourth-order valence-electron chi connectivity index (χ4n) is 1.81. The predicted octanol–water partition coefficient (Wildman–Crippen LogP) is 0.579. The third-order valence-corrected chi connectivity index (χ3v) is 2.64. The molecule has 1 atom stereocenters. The van der Waals surface area contributed by atoms with Gasteiger partial charge in [-0.05, 0) is 24.7 Å². The number of hydrogen-bond donors (Lipinski definition) is 2. The van der Waals surface area contributed by atoms with Crippen LogP contribution >= 0.6 is 0 Å². The molecule has 92 valence electrons. The van der Waals surface area contributed by atoms with Crippen LogP contribution in [0.5, 0.6) is 0 Å².